The fourth-order valence-electron chi connectivity index (χ4n) is 4.21. The maximum atomic E-state index is 13.5. The molecule has 3 heterocycles. The van der Waals surface area contributed by atoms with E-state index in [1.54, 1.807) is 23.1 Å². The quantitative estimate of drug-likeness (QED) is 0.661. The minimum atomic E-state index is -0.670. The zero-order chi connectivity index (χ0) is 25.3. The van der Waals surface area contributed by atoms with Crippen molar-refractivity contribution < 1.29 is 23.5 Å². The van der Waals surface area contributed by atoms with Gasteiger partial charge in [-0.3, -0.25) is 9.69 Å². The summed E-state index contributed by atoms with van der Waals surface area (Å²) in [6.07, 6.45) is -0.145. The molecule has 1 atom stereocenters. The van der Waals surface area contributed by atoms with Crippen molar-refractivity contribution in [2.24, 2.45) is 0 Å². The Morgan fingerprint density at radius 1 is 1.14 bits per heavy atom. The molecule has 0 radical (unpaired) electrons. The highest BCUT2D eigenvalue weighted by atomic mass is 19.1. The summed E-state index contributed by atoms with van der Waals surface area (Å²) in [6.45, 7) is 10.3. The Labute approximate surface area is 205 Å². The lowest BCUT2D eigenvalue weighted by Gasteiger charge is -2.36. The van der Waals surface area contributed by atoms with Crippen LogP contribution in [-0.4, -0.2) is 78.3 Å². The standard InChI is InChI=1S/C26H33FN4O4/c1-17-16-34-23-21(31(17)25(33)35-26(2,3)4)15-19(14-18-6-8-20(27)9-7-18)22(28-23)24(32)30-12-10-29(5)11-13-30/h6-9,15,17H,10-14,16H2,1-5H3/t17-/m0/s1. The number of aromatic nitrogens is 1. The highest BCUT2D eigenvalue weighted by Crippen LogP contribution is 2.36. The van der Waals surface area contributed by atoms with Crippen molar-refractivity contribution >= 4 is 17.7 Å². The van der Waals surface area contributed by atoms with Gasteiger partial charge in [0.2, 0.25) is 5.88 Å². The summed E-state index contributed by atoms with van der Waals surface area (Å²) in [5, 5.41) is 0. The largest absolute Gasteiger partial charge is 0.474 e. The normalized spacial score (nSPS) is 18.6. The number of piperazine rings is 1. The number of likely N-dealkylation sites (N-methyl/N-ethyl adjacent to an activating group) is 1. The van der Waals surface area contributed by atoms with E-state index in [0.717, 1.165) is 18.7 Å². The van der Waals surface area contributed by atoms with Crippen molar-refractivity contribution in [1.29, 1.82) is 0 Å². The average Bonchev–Trinajstić information content (AvgIpc) is 2.79. The summed E-state index contributed by atoms with van der Waals surface area (Å²) in [4.78, 5) is 36.8. The van der Waals surface area contributed by atoms with Crippen LogP contribution in [0.15, 0.2) is 30.3 Å². The fraction of sp³-hybridized carbons (Fsp3) is 0.500. The first kappa shape index (κ1) is 24.9. The van der Waals surface area contributed by atoms with Gasteiger partial charge in [0.15, 0.2) is 0 Å². The summed E-state index contributed by atoms with van der Waals surface area (Å²) >= 11 is 0. The Balaban J connectivity index is 1.75. The van der Waals surface area contributed by atoms with E-state index in [1.165, 1.54) is 17.0 Å². The highest BCUT2D eigenvalue weighted by molar-refractivity contribution is 5.96. The van der Waals surface area contributed by atoms with Gasteiger partial charge in [0.25, 0.3) is 5.91 Å². The minimum Gasteiger partial charge on any atom is -0.474 e. The third kappa shape index (κ3) is 5.73. The van der Waals surface area contributed by atoms with Gasteiger partial charge in [-0.05, 0) is 70.5 Å². The smallest absolute Gasteiger partial charge is 0.415 e. The first-order chi connectivity index (χ1) is 16.5. The van der Waals surface area contributed by atoms with E-state index in [4.69, 9.17) is 9.47 Å². The molecule has 0 unspecified atom stereocenters. The van der Waals surface area contributed by atoms with Gasteiger partial charge in [-0.1, -0.05) is 12.1 Å². The molecule has 1 saturated heterocycles. The van der Waals surface area contributed by atoms with E-state index >= 15 is 0 Å². The summed E-state index contributed by atoms with van der Waals surface area (Å²) < 4.78 is 25.0. The molecular weight excluding hydrogens is 451 g/mol. The number of carbonyl (C=O) groups excluding carboxylic acids is 2. The summed E-state index contributed by atoms with van der Waals surface area (Å²) in [6, 6.07) is 7.65. The summed E-state index contributed by atoms with van der Waals surface area (Å²) in [5.41, 5.74) is 1.55. The molecule has 2 aliphatic rings. The number of hydrogen-bond acceptors (Lipinski definition) is 6. The molecular formula is C26H33FN4O4. The molecule has 2 aromatic rings. The molecule has 1 aromatic heterocycles. The second-order valence-electron chi connectivity index (χ2n) is 10.2. The number of anilines is 1. The van der Waals surface area contributed by atoms with Crippen LogP contribution in [0.4, 0.5) is 14.9 Å². The van der Waals surface area contributed by atoms with Crippen LogP contribution in [0.3, 0.4) is 0 Å². The lowest BCUT2D eigenvalue weighted by Crippen LogP contribution is -2.48. The maximum absolute atomic E-state index is 13.5. The third-order valence-electron chi connectivity index (χ3n) is 6.10. The average molecular weight is 485 g/mol. The van der Waals surface area contributed by atoms with Crippen LogP contribution in [0.5, 0.6) is 5.88 Å². The van der Waals surface area contributed by atoms with Crippen LogP contribution in [-0.2, 0) is 11.2 Å². The van der Waals surface area contributed by atoms with E-state index in [1.807, 2.05) is 34.7 Å². The van der Waals surface area contributed by atoms with Crippen LogP contribution >= 0.6 is 0 Å². The third-order valence-corrected chi connectivity index (χ3v) is 6.10. The number of carbonyl (C=O) groups is 2. The molecule has 2 amide bonds. The number of amides is 2. The van der Waals surface area contributed by atoms with Crippen molar-refractivity contribution in [2.45, 2.75) is 45.8 Å². The number of fused-ring (bicyclic) bond motifs is 1. The number of nitrogens with zero attached hydrogens (tertiary/aromatic N) is 4. The maximum Gasteiger partial charge on any atom is 0.415 e. The molecule has 0 saturated carbocycles. The fourth-order valence-corrected chi connectivity index (χ4v) is 4.21. The van der Waals surface area contributed by atoms with E-state index in [9.17, 15) is 14.0 Å². The number of hydrogen-bond donors (Lipinski definition) is 0. The van der Waals surface area contributed by atoms with Crippen molar-refractivity contribution in [1.82, 2.24) is 14.8 Å². The van der Waals surface area contributed by atoms with Gasteiger partial charge in [-0.2, -0.15) is 0 Å². The topological polar surface area (TPSA) is 75.2 Å². The molecule has 2 aliphatic heterocycles. The predicted octanol–water partition coefficient (Wildman–Crippen LogP) is 3.72. The molecule has 9 heteroatoms. The zero-order valence-electron chi connectivity index (χ0n) is 21.0. The Morgan fingerprint density at radius 3 is 2.43 bits per heavy atom. The van der Waals surface area contributed by atoms with Crippen LogP contribution < -0.4 is 9.64 Å². The number of benzene rings is 1. The van der Waals surface area contributed by atoms with Crippen LogP contribution in [0, 0.1) is 5.82 Å². The van der Waals surface area contributed by atoms with Gasteiger partial charge >= 0.3 is 6.09 Å². The second kappa shape index (κ2) is 9.81. The minimum absolute atomic E-state index is 0.177. The summed E-state index contributed by atoms with van der Waals surface area (Å²) in [7, 11) is 2.03. The first-order valence-corrected chi connectivity index (χ1v) is 11.9. The van der Waals surface area contributed by atoms with Crippen LogP contribution in [0.25, 0.3) is 0 Å². The Bertz CT molecular complexity index is 1090. The van der Waals surface area contributed by atoms with Crippen molar-refractivity contribution in [3.05, 3.63) is 53.0 Å². The van der Waals surface area contributed by atoms with E-state index in [0.29, 0.717) is 30.8 Å². The molecule has 35 heavy (non-hydrogen) atoms. The highest BCUT2D eigenvalue weighted by Gasteiger charge is 2.36. The lowest BCUT2D eigenvalue weighted by molar-refractivity contribution is 0.0546. The van der Waals surface area contributed by atoms with Crippen molar-refractivity contribution in [3.63, 3.8) is 0 Å². The van der Waals surface area contributed by atoms with E-state index in [-0.39, 0.29) is 35.9 Å². The van der Waals surface area contributed by atoms with Crippen molar-refractivity contribution in [3.8, 4) is 5.88 Å². The molecule has 1 fully saturated rings. The number of halogens is 1. The predicted molar refractivity (Wildman–Crippen MR) is 131 cm³/mol. The SMILES string of the molecule is C[C@H]1COc2nc(C(=O)N3CCN(C)CC3)c(Cc3ccc(F)cc3)cc2N1C(=O)OC(C)(C)C. The number of pyridine rings is 1. The monoisotopic (exact) mass is 484 g/mol. The summed E-state index contributed by atoms with van der Waals surface area (Å²) in [5.74, 6) is -0.275. The van der Waals surface area contributed by atoms with Gasteiger partial charge in [0.1, 0.15) is 29.4 Å². The van der Waals surface area contributed by atoms with Crippen LogP contribution in [0.2, 0.25) is 0 Å². The van der Waals surface area contributed by atoms with E-state index < -0.39 is 11.7 Å². The van der Waals surface area contributed by atoms with Gasteiger partial charge in [0, 0.05) is 26.2 Å². The molecule has 1 aromatic carbocycles. The van der Waals surface area contributed by atoms with Gasteiger partial charge < -0.3 is 19.3 Å². The molecule has 0 N–H and O–H groups in total. The molecule has 0 aliphatic carbocycles. The Kier molecular flexibility index (Phi) is 6.98. The Morgan fingerprint density at radius 2 is 1.80 bits per heavy atom. The molecule has 4 rings (SSSR count). The van der Waals surface area contributed by atoms with Crippen molar-refractivity contribution in [2.75, 3.05) is 44.7 Å². The molecule has 8 nitrogen and oxygen atoms in total. The van der Waals surface area contributed by atoms with Gasteiger partial charge in [0.05, 0.1) is 6.04 Å². The van der Waals surface area contributed by atoms with Crippen LogP contribution in [0.1, 0.15) is 49.3 Å². The molecule has 188 valence electrons. The lowest BCUT2D eigenvalue weighted by atomic mass is 10.0. The number of ether oxygens (including phenoxy) is 2. The van der Waals surface area contributed by atoms with E-state index in [2.05, 4.69) is 9.88 Å². The van der Waals surface area contributed by atoms with Gasteiger partial charge in [-0.15, -0.1) is 0 Å². The second-order valence-corrected chi connectivity index (χ2v) is 10.2. The molecule has 0 bridgehead atoms. The Hall–Kier alpha value is -3.20. The number of rotatable bonds is 3. The molecule has 0 spiro atoms. The zero-order valence-corrected chi connectivity index (χ0v) is 21.0. The first-order valence-electron chi connectivity index (χ1n) is 11.9. The van der Waals surface area contributed by atoms with Gasteiger partial charge in [-0.25, -0.2) is 14.2 Å².